The normalized spacial score (nSPS) is 15.1. The van der Waals surface area contributed by atoms with Crippen LogP contribution in [0.15, 0.2) is 47.1 Å². The third kappa shape index (κ3) is 6.33. The van der Waals surface area contributed by atoms with Crippen molar-refractivity contribution in [3.63, 3.8) is 0 Å². The molecule has 5 aromatic rings. The number of fused-ring (bicyclic) bond motifs is 1. The first-order valence-electron chi connectivity index (χ1n) is 15.1. The van der Waals surface area contributed by atoms with E-state index in [1.54, 1.807) is 36.5 Å². The number of likely N-dealkylation sites (tertiary alicyclic amines) is 1. The first kappa shape index (κ1) is 31.2. The number of pyridine rings is 1. The highest BCUT2D eigenvalue weighted by atomic mass is 32.1. The largest absolute Gasteiger partial charge is 0.456 e. The highest BCUT2D eigenvalue weighted by molar-refractivity contribution is 7.21. The lowest BCUT2D eigenvalue weighted by molar-refractivity contribution is 0.0788. The molecule has 4 aromatic heterocycles. The maximum atomic E-state index is 13.2. The third-order valence-corrected chi connectivity index (χ3v) is 9.16. The molecule has 1 fully saturated rings. The molecular weight excluding hydrogens is 604 g/mol. The number of aromatic amines is 1. The molecule has 13 heteroatoms. The molecule has 0 aliphatic carbocycles. The van der Waals surface area contributed by atoms with Crippen LogP contribution in [0, 0.1) is 13.8 Å². The van der Waals surface area contributed by atoms with Crippen LogP contribution in [0.5, 0.6) is 11.5 Å². The number of rotatable bonds is 7. The number of imidazole rings is 1. The molecule has 0 bridgehead atoms. The zero-order chi connectivity index (χ0) is 32.7. The van der Waals surface area contributed by atoms with E-state index >= 15 is 0 Å². The monoisotopic (exact) mass is 642 g/mol. The summed E-state index contributed by atoms with van der Waals surface area (Å²) in [6.45, 7) is 11.3. The number of amides is 3. The molecule has 0 spiro atoms. The molecular formula is C33H38N8O4S. The van der Waals surface area contributed by atoms with Crippen LogP contribution in [0.3, 0.4) is 0 Å². The molecule has 5 heterocycles. The van der Waals surface area contributed by atoms with E-state index in [1.165, 1.54) is 11.3 Å². The lowest BCUT2D eigenvalue weighted by atomic mass is 9.96. The Morgan fingerprint density at radius 1 is 1.13 bits per heavy atom. The van der Waals surface area contributed by atoms with Gasteiger partial charge in [0.15, 0.2) is 5.82 Å². The first-order valence-corrected chi connectivity index (χ1v) is 15.9. The fourth-order valence-electron chi connectivity index (χ4n) is 5.45. The Balaban J connectivity index is 1.14. The van der Waals surface area contributed by atoms with Gasteiger partial charge in [0.1, 0.15) is 23.1 Å². The van der Waals surface area contributed by atoms with Crippen molar-refractivity contribution in [1.29, 1.82) is 0 Å². The summed E-state index contributed by atoms with van der Waals surface area (Å²) in [6, 6.07) is 10.6. The number of benzene rings is 1. The maximum absolute atomic E-state index is 13.2. The van der Waals surface area contributed by atoms with Gasteiger partial charge >= 0.3 is 6.03 Å². The summed E-state index contributed by atoms with van der Waals surface area (Å²) in [5.41, 5.74) is 3.11. The molecule has 1 saturated heterocycles. The third-order valence-electron chi connectivity index (χ3n) is 8.04. The number of hydrogen-bond donors (Lipinski definition) is 3. The quantitative estimate of drug-likeness (QED) is 0.176. The Morgan fingerprint density at radius 2 is 1.89 bits per heavy atom. The smallest absolute Gasteiger partial charge is 0.324 e. The van der Waals surface area contributed by atoms with E-state index in [2.05, 4.69) is 35.6 Å². The van der Waals surface area contributed by atoms with Gasteiger partial charge in [0.05, 0.1) is 32.0 Å². The van der Waals surface area contributed by atoms with Crippen LogP contribution >= 0.6 is 11.3 Å². The van der Waals surface area contributed by atoms with Gasteiger partial charge in [-0.05, 0) is 64.7 Å². The Bertz CT molecular complexity index is 1880. The van der Waals surface area contributed by atoms with E-state index in [0.717, 1.165) is 35.6 Å². The number of thiophene rings is 1. The van der Waals surface area contributed by atoms with Crippen molar-refractivity contribution in [2.24, 2.45) is 0 Å². The molecule has 6 rings (SSSR count). The molecule has 3 amide bonds. The zero-order valence-corrected chi connectivity index (χ0v) is 27.8. The van der Waals surface area contributed by atoms with Gasteiger partial charge in [-0.15, -0.1) is 11.3 Å². The van der Waals surface area contributed by atoms with Gasteiger partial charge in [0, 0.05) is 42.5 Å². The van der Waals surface area contributed by atoms with Crippen LogP contribution < -0.4 is 15.4 Å². The molecule has 12 nitrogen and oxygen atoms in total. The first-order chi connectivity index (χ1) is 21.9. The number of urea groups is 1. The number of aryl methyl sites for hydroxylation is 2. The minimum atomic E-state index is -0.449. The average molecular weight is 643 g/mol. The number of aromatic nitrogens is 4. The van der Waals surface area contributed by atoms with E-state index in [-0.39, 0.29) is 11.3 Å². The summed E-state index contributed by atoms with van der Waals surface area (Å²) in [7, 11) is 4.09. The highest BCUT2D eigenvalue weighted by Crippen LogP contribution is 2.37. The number of likely N-dealkylation sites (N-methyl/N-ethyl adjacent to an activating group) is 1. The zero-order valence-electron chi connectivity index (χ0n) is 27.0. The second-order valence-corrected chi connectivity index (χ2v) is 13.8. The molecule has 0 saturated carbocycles. The molecule has 1 atom stereocenters. The van der Waals surface area contributed by atoms with Crippen LogP contribution in [0.2, 0.25) is 0 Å². The van der Waals surface area contributed by atoms with Crippen molar-refractivity contribution < 1.29 is 18.8 Å². The Kier molecular flexibility index (Phi) is 8.30. The average Bonchev–Trinajstić information content (AvgIpc) is 3.80. The van der Waals surface area contributed by atoms with Gasteiger partial charge in [0.2, 0.25) is 0 Å². The standard InChI is InChI=1S/C33H38N8O4S/c1-18-26(19(2)45-39-18)27-29(37-31(36-27)33(3,4)5)38-32(43)35-20-8-10-22(11-9-20)44-24-12-14-34-23-16-25(46-28(23)24)30(42)41-15-13-21(17-41)40(6)7/h8-12,14,16,21H,13,15,17H2,1-7H3,(H,36,37)(H2,35,38,43)/t21-/m1/s1. The number of nitrogens with zero attached hydrogens (tertiary/aromatic N) is 5. The van der Waals surface area contributed by atoms with Crippen molar-refractivity contribution in [3.8, 4) is 22.8 Å². The second-order valence-electron chi connectivity index (χ2n) is 12.8. The summed E-state index contributed by atoms with van der Waals surface area (Å²) in [6.07, 6.45) is 2.64. The summed E-state index contributed by atoms with van der Waals surface area (Å²) in [5.74, 6) is 2.95. The predicted octanol–water partition coefficient (Wildman–Crippen LogP) is 6.80. The molecule has 0 radical (unpaired) electrons. The van der Waals surface area contributed by atoms with Gasteiger partial charge in [0.25, 0.3) is 5.91 Å². The molecule has 1 aliphatic heterocycles. The maximum Gasteiger partial charge on any atom is 0.324 e. The molecule has 3 N–H and O–H groups in total. The van der Waals surface area contributed by atoms with Gasteiger partial charge in [-0.25, -0.2) is 9.78 Å². The van der Waals surface area contributed by atoms with Crippen molar-refractivity contribution >= 4 is 45.0 Å². The molecule has 0 unspecified atom stereocenters. The number of nitrogens with one attached hydrogen (secondary N) is 3. The summed E-state index contributed by atoms with van der Waals surface area (Å²) in [4.78, 5) is 43.5. The van der Waals surface area contributed by atoms with E-state index in [4.69, 9.17) is 9.26 Å². The van der Waals surface area contributed by atoms with E-state index in [1.807, 2.05) is 59.7 Å². The van der Waals surface area contributed by atoms with E-state index in [9.17, 15) is 9.59 Å². The van der Waals surface area contributed by atoms with Crippen LogP contribution in [0.25, 0.3) is 21.5 Å². The number of anilines is 2. The van der Waals surface area contributed by atoms with Crippen molar-refractivity contribution in [3.05, 3.63) is 64.8 Å². The number of ether oxygens (including phenoxy) is 1. The fraction of sp³-hybridized carbons (Fsp3) is 0.364. The van der Waals surface area contributed by atoms with Crippen molar-refractivity contribution in [2.45, 2.75) is 52.5 Å². The van der Waals surface area contributed by atoms with Crippen molar-refractivity contribution in [2.75, 3.05) is 37.8 Å². The van der Waals surface area contributed by atoms with Gasteiger partial charge in [-0.3, -0.25) is 15.1 Å². The Morgan fingerprint density at radius 3 is 2.54 bits per heavy atom. The van der Waals surface area contributed by atoms with Gasteiger partial charge < -0.3 is 29.4 Å². The van der Waals surface area contributed by atoms with Gasteiger partial charge in [-0.1, -0.05) is 25.9 Å². The lowest BCUT2D eigenvalue weighted by Gasteiger charge is -2.19. The van der Waals surface area contributed by atoms with Crippen LogP contribution in [0.4, 0.5) is 16.3 Å². The molecule has 1 aromatic carbocycles. The fourth-order valence-corrected chi connectivity index (χ4v) is 6.48. The summed E-state index contributed by atoms with van der Waals surface area (Å²) in [5, 5.41) is 9.79. The number of carbonyl (C=O) groups excluding carboxylic acids is 2. The molecule has 240 valence electrons. The van der Waals surface area contributed by atoms with Crippen LogP contribution in [-0.2, 0) is 5.41 Å². The van der Waals surface area contributed by atoms with Gasteiger partial charge in [-0.2, -0.15) is 0 Å². The predicted molar refractivity (Wildman–Crippen MR) is 179 cm³/mol. The van der Waals surface area contributed by atoms with Crippen molar-refractivity contribution in [1.82, 2.24) is 29.9 Å². The highest BCUT2D eigenvalue weighted by Gasteiger charge is 2.30. The topological polar surface area (TPSA) is 142 Å². The summed E-state index contributed by atoms with van der Waals surface area (Å²) < 4.78 is 12.4. The minimum absolute atomic E-state index is 0.0234. The number of carbonyl (C=O) groups is 2. The second kappa shape index (κ2) is 12.2. The number of hydrogen-bond acceptors (Lipinski definition) is 9. The lowest BCUT2D eigenvalue weighted by Crippen LogP contribution is -2.34. The number of H-pyrrole nitrogens is 1. The Labute approximate surface area is 271 Å². The van der Waals surface area contributed by atoms with Crippen LogP contribution in [0.1, 0.15) is 54.1 Å². The van der Waals surface area contributed by atoms with E-state index in [0.29, 0.717) is 56.6 Å². The molecule has 46 heavy (non-hydrogen) atoms. The summed E-state index contributed by atoms with van der Waals surface area (Å²) >= 11 is 1.39. The SMILES string of the molecule is Cc1noc(C)c1-c1[nH]c(C(C)(C)C)nc1NC(=O)Nc1ccc(Oc2ccnc3cc(C(=O)N4CC[C@@H](N(C)C)C4)sc23)cc1. The van der Waals surface area contributed by atoms with Crippen LogP contribution in [-0.4, -0.2) is 75.1 Å². The Hall–Kier alpha value is -4.75. The molecule has 1 aliphatic rings. The minimum Gasteiger partial charge on any atom is -0.456 e. The van der Waals surface area contributed by atoms with E-state index < -0.39 is 6.03 Å².